The molecule has 6 heteroatoms. The van der Waals surface area contributed by atoms with Crippen LogP contribution in [-0.4, -0.2) is 33.2 Å². The molecule has 1 atom stereocenters. The van der Waals surface area contributed by atoms with Gasteiger partial charge in [0.25, 0.3) is 0 Å². The lowest BCUT2D eigenvalue weighted by Crippen LogP contribution is -2.31. The summed E-state index contributed by atoms with van der Waals surface area (Å²) in [6.07, 6.45) is 3.86. The molecule has 5 nitrogen and oxygen atoms in total. The van der Waals surface area contributed by atoms with Crippen LogP contribution in [0.5, 0.6) is 0 Å². The molecule has 1 heterocycles. The van der Waals surface area contributed by atoms with Crippen LogP contribution in [0.15, 0.2) is 29.2 Å². The third kappa shape index (κ3) is 4.31. The predicted molar refractivity (Wildman–Crippen MR) is 77.0 cm³/mol. The summed E-state index contributed by atoms with van der Waals surface area (Å²) in [5.41, 5.74) is 0.894. The van der Waals surface area contributed by atoms with E-state index in [4.69, 9.17) is 0 Å². The minimum Gasteiger partial charge on any atom is -0.352 e. The van der Waals surface area contributed by atoms with Crippen molar-refractivity contribution in [3.63, 3.8) is 0 Å². The normalized spacial score (nSPS) is 18.9. The van der Waals surface area contributed by atoms with Crippen molar-refractivity contribution in [1.82, 2.24) is 10.6 Å². The first-order valence-corrected chi connectivity index (χ1v) is 8.63. The average Bonchev–Trinajstić information content (AvgIpc) is 2.88. The molecule has 0 aromatic heterocycles. The van der Waals surface area contributed by atoms with E-state index >= 15 is 0 Å². The highest BCUT2D eigenvalue weighted by molar-refractivity contribution is 7.90. The van der Waals surface area contributed by atoms with E-state index in [0.29, 0.717) is 23.9 Å². The van der Waals surface area contributed by atoms with E-state index in [-0.39, 0.29) is 5.91 Å². The molecule has 2 rings (SSSR count). The topological polar surface area (TPSA) is 75.3 Å². The van der Waals surface area contributed by atoms with E-state index < -0.39 is 9.84 Å². The minimum atomic E-state index is -3.16. The Kier molecular flexibility index (Phi) is 4.77. The maximum absolute atomic E-state index is 11.8. The zero-order valence-corrected chi connectivity index (χ0v) is 12.4. The number of sulfone groups is 1. The molecule has 1 unspecified atom stereocenters. The Labute approximate surface area is 119 Å². The van der Waals surface area contributed by atoms with Crippen molar-refractivity contribution in [2.75, 3.05) is 12.8 Å². The molecule has 1 aliphatic rings. The number of nitrogens with one attached hydrogen (secondary N) is 2. The molecular weight excluding hydrogens is 276 g/mol. The highest BCUT2D eigenvalue weighted by Crippen LogP contribution is 2.11. The van der Waals surface area contributed by atoms with Crippen molar-refractivity contribution in [2.45, 2.75) is 36.7 Å². The van der Waals surface area contributed by atoms with E-state index in [1.807, 2.05) is 0 Å². The molecule has 1 fully saturated rings. The lowest BCUT2D eigenvalue weighted by Gasteiger charge is -2.10. The predicted octanol–water partition coefficient (Wildman–Crippen LogP) is 0.848. The van der Waals surface area contributed by atoms with Gasteiger partial charge in [-0.2, -0.15) is 0 Å². The summed E-state index contributed by atoms with van der Waals surface area (Å²) >= 11 is 0. The number of rotatable bonds is 5. The lowest BCUT2D eigenvalue weighted by atomic mass is 10.1. The summed E-state index contributed by atoms with van der Waals surface area (Å²) in [5, 5.41) is 6.14. The molecule has 1 aliphatic heterocycles. The zero-order valence-electron chi connectivity index (χ0n) is 11.6. The molecule has 1 aromatic carbocycles. The van der Waals surface area contributed by atoms with E-state index in [0.717, 1.165) is 24.9 Å². The smallest absolute Gasteiger partial charge is 0.221 e. The zero-order chi connectivity index (χ0) is 14.6. The maximum atomic E-state index is 11.8. The Balaban J connectivity index is 1.83. The van der Waals surface area contributed by atoms with Crippen LogP contribution in [-0.2, 0) is 21.2 Å². The molecule has 1 saturated heterocycles. The Morgan fingerprint density at radius 1 is 1.35 bits per heavy atom. The SMILES string of the molecule is CS(=O)(=O)c1ccc(CNC(=O)CC2CCCN2)cc1. The second kappa shape index (κ2) is 6.37. The molecule has 0 aliphatic carbocycles. The maximum Gasteiger partial charge on any atom is 0.221 e. The monoisotopic (exact) mass is 296 g/mol. The van der Waals surface area contributed by atoms with Gasteiger partial charge in [-0.05, 0) is 37.1 Å². The van der Waals surface area contributed by atoms with Crippen molar-refractivity contribution in [3.05, 3.63) is 29.8 Å². The number of hydrogen-bond acceptors (Lipinski definition) is 4. The van der Waals surface area contributed by atoms with Crippen molar-refractivity contribution < 1.29 is 13.2 Å². The van der Waals surface area contributed by atoms with Gasteiger partial charge in [0.1, 0.15) is 0 Å². The molecule has 20 heavy (non-hydrogen) atoms. The second-order valence-electron chi connectivity index (χ2n) is 5.19. The number of carbonyl (C=O) groups is 1. The van der Waals surface area contributed by atoms with E-state index in [1.54, 1.807) is 24.3 Å². The fourth-order valence-corrected chi connectivity index (χ4v) is 2.91. The van der Waals surface area contributed by atoms with Crippen LogP contribution >= 0.6 is 0 Å². The van der Waals surface area contributed by atoms with Crippen LogP contribution in [0.4, 0.5) is 0 Å². The number of hydrogen-bond donors (Lipinski definition) is 2. The van der Waals surface area contributed by atoms with Gasteiger partial charge in [0.05, 0.1) is 4.90 Å². The average molecular weight is 296 g/mol. The summed E-state index contributed by atoms with van der Waals surface area (Å²) in [7, 11) is -3.16. The molecule has 0 bridgehead atoms. The van der Waals surface area contributed by atoms with Gasteiger partial charge < -0.3 is 10.6 Å². The number of carbonyl (C=O) groups excluding carboxylic acids is 1. The Morgan fingerprint density at radius 2 is 2.05 bits per heavy atom. The Morgan fingerprint density at radius 3 is 2.60 bits per heavy atom. The molecule has 0 spiro atoms. The fourth-order valence-electron chi connectivity index (χ4n) is 2.28. The first-order valence-electron chi connectivity index (χ1n) is 6.74. The van der Waals surface area contributed by atoms with Gasteiger partial charge in [-0.15, -0.1) is 0 Å². The van der Waals surface area contributed by atoms with Gasteiger partial charge in [0.2, 0.25) is 5.91 Å². The molecule has 1 aromatic rings. The van der Waals surface area contributed by atoms with E-state index in [2.05, 4.69) is 10.6 Å². The van der Waals surface area contributed by atoms with Crippen molar-refractivity contribution >= 4 is 15.7 Å². The minimum absolute atomic E-state index is 0.0246. The number of benzene rings is 1. The van der Waals surface area contributed by atoms with Crippen LogP contribution in [0, 0.1) is 0 Å². The first-order chi connectivity index (χ1) is 9.45. The van der Waals surface area contributed by atoms with Gasteiger partial charge in [0, 0.05) is 25.3 Å². The molecular formula is C14H20N2O3S. The van der Waals surface area contributed by atoms with Gasteiger partial charge in [-0.1, -0.05) is 12.1 Å². The van der Waals surface area contributed by atoms with E-state index in [9.17, 15) is 13.2 Å². The van der Waals surface area contributed by atoms with Crippen LogP contribution in [0.25, 0.3) is 0 Å². The standard InChI is InChI=1S/C14H20N2O3S/c1-20(18,19)13-6-4-11(5-7-13)10-16-14(17)9-12-3-2-8-15-12/h4-7,12,15H,2-3,8-10H2,1H3,(H,16,17). The highest BCUT2D eigenvalue weighted by Gasteiger charge is 2.17. The summed E-state index contributed by atoms with van der Waals surface area (Å²) in [4.78, 5) is 12.0. The van der Waals surface area contributed by atoms with Crippen molar-refractivity contribution in [3.8, 4) is 0 Å². The second-order valence-corrected chi connectivity index (χ2v) is 7.21. The van der Waals surface area contributed by atoms with Crippen LogP contribution in [0.2, 0.25) is 0 Å². The number of amides is 1. The van der Waals surface area contributed by atoms with Gasteiger partial charge >= 0.3 is 0 Å². The van der Waals surface area contributed by atoms with Crippen molar-refractivity contribution in [1.29, 1.82) is 0 Å². The Hall–Kier alpha value is -1.40. The third-order valence-corrected chi connectivity index (χ3v) is 4.56. The molecule has 2 N–H and O–H groups in total. The van der Waals surface area contributed by atoms with Crippen LogP contribution in [0.1, 0.15) is 24.8 Å². The quantitative estimate of drug-likeness (QED) is 0.844. The molecule has 110 valence electrons. The highest BCUT2D eigenvalue weighted by atomic mass is 32.2. The summed E-state index contributed by atoms with van der Waals surface area (Å²) in [5.74, 6) is 0.0246. The Bertz CT molecular complexity index is 561. The summed E-state index contributed by atoms with van der Waals surface area (Å²) < 4.78 is 22.7. The molecule has 0 saturated carbocycles. The van der Waals surface area contributed by atoms with Crippen molar-refractivity contribution in [2.24, 2.45) is 0 Å². The lowest BCUT2D eigenvalue weighted by molar-refractivity contribution is -0.121. The molecule has 0 radical (unpaired) electrons. The van der Waals surface area contributed by atoms with Gasteiger partial charge in [-0.3, -0.25) is 4.79 Å². The summed E-state index contributed by atoms with van der Waals surface area (Å²) in [6, 6.07) is 6.88. The van der Waals surface area contributed by atoms with Crippen LogP contribution in [0.3, 0.4) is 0 Å². The largest absolute Gasteiger partial charge is 0.352 e. The van der Waals surface area contributed by atoms with Gasteiger partial charge in [-0.25, -0.2) is 8.42 Å². The van der Waals surface area contributed by atoms with Crippen LogP contribution < -0.4 is 10.6 Å². The first kappa shape index (κ1) is 15.0. The van der Waals surface area contributed by atoms with Gasteiger partial charge in [0.15, 0.2) is 9.84 Å². The van der Waals surface area contributed by atoms with E-state index in [1.165, 1.54) is 6.26 Å². The molecule has 1 amide bonds. The fraction of sp³-hybridized carbons (Fsp3) is 0.500. The summed E-state index contributed by atoms with van der Waals surface area (Å²) in [6.45, 7) is 1.42. The third-order valence-electron chi connectivity index (χ3n) is 3.44.